The van der Waals surface area contributed by atoms with Crippen LogP contribution < -0.4 is 14.2 Å². The first-order valence-corrected chi connectivity index (χ1v) is 5.70. The van der Waals surface area contributed by atoms with Crippen molar-refractivity contribution >= 4 is 11.6 Å². The first kappa shape index (κ1) is 12.6. The van der Waals surface area contributed by atoms with Gasteiger partial charge in [0.1, 0.15) is 23.5 Å². The highest BCUT2D eigenvalue weighted by Crippen LogP contribution is 2.30. The molecule has 0 atom stereocenters. The van der Waals surface area contributed by atoms with Crippen LogP contribution in [0.3, 0.4) is 0 Å². The average molecular weight is 270 g/mol. The topological polar surface area (TPSA) is 53.7 Å². The summed E-state index contributed by atoms with van der Waals surface area (Å²) in [5.74, 6) is 2.02. The molecule has 2 aromatic rings. The van der Waals surface area contributed by atoms with Crippen LogP contribution in [0.2, 0.25) is 0 Å². The van der Waals surface area contributed by atoms with Gasteiger partial charge in [0.05, 0.1) is 25.8 Å². The molecule has 18 heavy (non-hydrogen) atoms. The molecule has 0 saturated carbocycles. The zero-order chi connectivity index (χ0) is 13.0. The van der Waals surface area contributed by atoms with Crippen LogP contribution in [0.25, 0.3) is 0 Å². The molecule has 2 rings (SSSR count). The summed E-state index contributed by atoms with van der Waals surface area (Å²) < 4.78 is 20.8. The maximum Gasteiger partial charge on any atom is 0.399 e. The average Bonchev–Trinajstić information content (AvgIpc) is 2.85. The van der Waals surface area contributed by atoms with E-state index >= 15 is 0 Å². The molecule has 96 valence electrons. The van der Waals surface area contributed by atoms with E-state index in [9.17, 15) is 0 Å². The van der Waals surface area contributed by atoms with E-state index in [0.717, 1.165) is 0 Å². The van der Waals surface area contributed by atoms with Gasteiger partial charge in [-0.2, -0.15) is 4.98 Å². The molecule has 0 bridgehead atoms. The molecule has 0 N–H and O–H groups in total. The van der Waals surface area contributed by atoms with Crippen molar-refractivity contribution in [3.63, 3.8) is 0 Å². The SMILES string of the molecule is COc1cc(OC)cc(Oc2nc(CCl)co2)c1. The molecule has 0 aliphatic rings. The molecule has 0 radical (unpaired) electrons. The number of nitrogens with zero attached hydrogens (tertiary/aromatic N) is 1. The summed E-state index contributed by atoms with van der Waals surface area (Å²) in [6, 6.07) is 5.15. The molecule has 0 aliphatic carbocycles. The van der Waals surface area contributed by atoms with Crippen molar-refractivity contribution in [3.05, 3.63) is 30.2 Å². The van der Waals surface area contributed by atoms with Crippen LogP contribution in [-0.2, 0) is 5.88 Å². The van der Waals surface area contributed by atoms with Gasteiger partial charge in [0, 0.05) is 18.2 Å². The van der Waals surface area contributed by atoms with Gasteiger partial charge in [0.2, 0.25) is 0 Å². The smallest absolute Gasteiger partial charge is 0.399 e. The summed E-state index contributed by atoms with van der Waals surface area (Å²) >= 11 is 5.62. The van der Waals surface area contributed by atoms with Crippen LogP contribution in [0, 0.1) is 0 Å². The van der Waals surface area contributed by atoms with Crippen molar-refractivity contribution in [1.82, 2.24) is 4.98 Å². The van der Waals surface area contributed by atoms with Gasteiger partial charge in [-0.3, -0.25) is 0 Å². The summed E-state index contributed by atoms with van der Waals surface area (Å²) in [6.07, 6.45) is 1.57. The van der Waals surface area contributed by atoms with Crippen molar-refractivity contribution in [2.24, 2.45) is 0 Å². The summed E-state index contributed by atoms with van der Waals surface area (Å²) in [7, 11) is 3.13. The highest BCUT2D eigenvalue weighted by molar-refractivity contribution is 6.16. The van der Waals surface area contributed by atoms with E-state index in [2.05, 4.69) is 4.98 Å². The van der Waals surface area contributed by atoms with Crippen molar-refractivity contribution in [2.75, 3.05) is 14.2 Å². The summed E-state index contributed by atoms with van der Waals surface area (Å²) in [5.41, 5.74) is 0.613. The van der Waals surface area contributed by atoms with E-state index in [4.69, 9.17) is 30.2 Å². The van der Waals surface area contributed by atoms with Gasteiger partial charge in [-0.05, 0) is 0 Å². The fraction of sp³-hybridized carbons (Fsp3) is 0.250. The number of alkyl halides is 1. The van der Waals surface area contributed by atoms with Crippen LogP contribution >= 0.6 is 11.6 Å². The Morgan fingerprint density at radius 2 is 1.72 bits per heavy atom. The molecule has 1 heterocycles. The maximum absolute atomic E-state index is 5.62. The first-order chi connectivity index (χ1) is 8.75. The predicted molar refractivity (Wildman–Crippen MR) is 65.7 cm³/mol. The van der Waals surface area contributed by atoms with Gasteiger partial charge in [-0.15, -0.1) is 11.6 Å². The number of hydrogen-bond acceptors (Lipinski definition) is 5. The fourth-order valence-corrected chi connectivity index (χ4v) is 1.46. The number of methoxy groups -OCH3 is 2. The van der Waals surface area contributed by atoms with E-state index in [1.807, 2.05) is 0 Å². The fourth-order valence-electron chi connectivity index (χ4n) is 1.34. The van der Waals surface area contributed by atoms with Crippen molar-refractivity contribution in [3.8, 4) is 23.3 Å². The Morgan fingerprint density at radius 1 is 1.11 bits per heavy atom. The van der Waals surface area contributed by atoms with Gasteiger partial charge < -0.3 is 18.6 Å². The lowest BCUT2D eigenvalue weighted by Gasteiger charge is -2.07. The lowest BCUT2D eigenvalue weighted by atomic mass is 10.3. The second-order valence-electron chi connectivity index (χ2n) is 3.39. The van der Waals surface area contributed by atoms with Gasteiger partial charge >= 0.3 is 6.08 Å². The molecule has 0 saturated heterocycles. The van der Waals surface area contributed by atoms with E-state index < -0.39 is 0 Å². The van der Waals surface area contributed by atoms with Gasteiger partial charge in [-0.25, -0.2) is 0 Å². The highest BCUT2D eigenvalue weighted by atomic mass is 35.5. The first-order valence-electron chi connectivity index (χ1n) is 5.16. The van der Waals surface area contributed by atoms with E-state index in [0.29, 0.717) is 22.9 Å². The molecule has 1 aromatic carbocycles. The Bertz CT molecular complexity index is 504. The zero-order valence-electron chi connectivity index (χ0n) is 9.97. The zero-order valence-corrected chi connectivity index (χ0v) is 10.7. The number of oxazole rings is 1. The van der Waals surface area contributed by atoms with Gasteiger partial charge in [0.15, 0.2) is 0 Å². The molecule has 6 heteroatoms. The van der Waals surface area contributed by atoms with Crippen LogP contribution in [-0.4, -0.2) is 19.2 Å². The Morgan fingerprint density at radius 3 is 2.22 bits per heavy atom. The van der Waals surface area contributed by atoms with Crippen LogP contribution in [0.1, 0.15) is 5.69 Å². The Kier molecular flexibility index (Phi) is 3.94. The standard InChI is InChI=1S/C12H12ClNO4/c1-15-9-3-10(16-2)5-11(4-9)18-12-14-8(6-13)7-17-12/h3-5,7H,6H2,1-2H3. The molecule has 5 nitrogen and oxygen atoms in total. The van der Waals surface area contributed by atoms with Crippen LogP contribution in [0.15, 0.2) is 28.9 Å². The third-order valence-corrected chi connectivity index (χ3v) is 2.47. The van der Waals surface area contributed by atoms with Gasteiger partial charge in [-0.1, -0.05) is 0 Å². The number of ether oxygens (including phenoxy) is 3. The Hall–Kier alpha value is -1.88. The molecule has 0 spiro atoms. The second kappa shape index (κ2) is 5.64. The molecular formula is C12H12ClNO4. The lowest BCUT2D eigenvalue weighted by molar-refractivity contribution is 0.325. The highest BCUT2D eigenvalue weighted by Gasteiger charge is 2.08. The molecular weight excluding hydrogens is 258 g/mol. The van der Waals surface area contributed by atoms with Crippen molar-refractivity contribution < 1.29 is 18.6 Å². The lowest BCUT2D eigenvalue weighted by Crippen LogP contribution is -1.90. The molecule has 0 aliphatic heterocycles. The van der Waals surface area contributed by atoms with Gasteiger partial charge in [0.25, 0.3) is 0 Å². The number of halogens is 1. The van der Waals surface area contributed by atoms with E-state index in [1.165, 1.54) is 6.26 Å². The normalized spacial score (nSPS) is 10.2. The third-order valence-electron chi connectivity index (χ3n) is 2.20. The third kappa shape index (κ3) is 2.87. The molecule has 0 amide bonds. The Balaban J connectivity index is 2.22. The minimum Gasteiger partial charge on any atom is -0.496 e. The van der Waals surface area contributed by atoms with Crippen LogP contribution in [0.4, 0.5) is 0 Å². The maximum atomic E-state index is 5.62. The quantitative estimate of drug-likeness (QED) is 0.780. The summed E-state index contributed by atoms with van der Waals surface area (Å²) in [5, 5.41) is 0. The summed E-state index contributed by atoms with van der Waals surface area (Å²) in [4.78, 5) is 4.03. The minimum absolute atomic E-state index is 0.126. The number of rotatable bonds is 5. The van der Waals surface area contributed by atoms with E-state index in [1.54, 1.807) is 32.4 Å². The predicted octanol–water partition coefficient (Wildman–Crippen LogP) is 3.22. The molecule has 0 fully saturated rings. The number of aromatic nitrogens is 1. The van der Waals surface area contributed by atoms with Crippen LogP contribution in [0.5, 0.6) is 23.3 Å². The van der Waals surface area contributed by atoms with Crippen molar-refractivity contribution in [1.29, 1.82) is 0 Å². The largest absolute Gasteiger partial charge is 0.496 e. The number of hydrogen-bond donors (Lipinski definition) is 0. The van der Waals surface area contributed by atoms with Crippen molar-refractivity contribution in [2.45, 2.75) is 5.88 Å². The van der Waals surface area contributed by atoms with E-state index in [-0.39, 0.29) is 12.0 Å². The summed E-state index contributed by atoms with van der Waals surface area (Å²) in [6.45, 7) is 0. The Labute approximate surface area is 109 Å². The number of benzene rings is 1. The monoisotopic (exact) mass is 269 g/mol. The second-order valence-corrected chi connectivity index (χ2v) is 3.66. The molecule has 0 unspecified atom stereocenters. The minimum atomic E-state index is 0.126. The molecule has 1 aromatic heterocycles.